The summed E-state index contributed by atoms with van der Waals surface area (Å²) in [5, 5.41) is 2.37. The highest BCUT2D eigenvalue weighted by atomic mass is 19.2. The number of piperazine rings is 1. The number of hydrogen-bond donors (Lipinski definition) is 3. The zero-order valence-corrected chi connectivity index (χ0v) is 21.1. The summed E-state index contributed by atoms with van der Waals surface area (Å²) in [4.78, 5) is 57.1. The van der Waals surface area contributed by atoms with Crippen LogP contribution >= 0.6 is 0 Å². The van der Waals surface area contributed by atoms with Crippen molar-refractivity contribution in [2.75, 3.05) is 37.2 Å². The van der Waals surface area contributed by atoms with Crippen LogP contribution in [0.2, 0.25) is 0 Å². The van der Waals surface area contributed by atoms with Crippen LogP contribution in [-0.4, -0.2) is 64.5 Å². The number of nitrogens with two attached hydrogens (primary N) is 1. The summed E-state index contributed by atoms with van der Waals surface area (Å²) >= 11 is 0. The number of hydrogen-bond acceptors (Lipinski definition) is 5. The topological polar surface area (TPSA) is 129 Å². The van der Waals surface area contributed by atoms with Crippen molar-refractivity contribution in [1.82, 2.24) is 14.8 Å². The molecule has 1 aliphatic rings. The van der Waals surface area contributed by atoms with Crippen LogP contribution in [0, 0.1) is 23.3 Å². The number of nitrogens with one attached hydrogen (secondary N) is 2. The molecule has 9 nitrogen and oxygen atoms in total. The van der Waals surface area contributed by atoms with Crippen LogP contribution in [0.4, 0.5) is 28.9 Å². The van der Waals surface area contributed by atoms with Gasteiger partial charge in [0.15, 0.2) is 23.3 Å². The maximum Gasteiger partial charge on any atom is 0.295 e. The van der Waals surface area contributed by atoms with Gasteiger partial charge in [-0.05, 0) is 18.2 Å². The van der Waals surface area contributed by atoms with E-state index in [1.165, 1.54) is 29.3 Å². The number of aromatic nitrogens is 1. The molecule has 0 atom stereocenters. The summed E-state index contributed by atoms with van der Waals surface area (Å²) < 4.78 is 56.2. The van der Waals surface area contributed by atoms with Gasteiger partial charge in [0.2, 0.25) is 0 Å². The number of rotatable bonds is 5. The van der Waals surface area contributed by atoms with Gasteiger partial charge in [-0.2, -0.15) is 0 Å². The van der Waals surface area contributed by atoms with Crippen molar-refractivity contribution in [2.45, 2.75) is 0 Å². The Kier molecular flexibility index (Phi) is 7.18. The third-order valence-corrected chi connectivity index (χ3v) is 6.80. The van der Waals surface area contributed by atoms with Gasteiger partial charge in [-0.1, -0.05) is 30.3 Å². The molecule has 0 spiro atoms. The summed E-state index contributed by atoms with van der Waals surface area (Å²) in [7, 11) is 0. The number of benzene rings is 3. The second kappa shape index (κ2) is 10.8. The van der Waals surface area contributed by atoms with Gasteiger partial charge in [0.25, 0.3) is 23.5 Å². The van der Waals surface area contributed by atoms with Gasteiger partial charge >= 0.3 is 0 Å². The molecule has 1 saturated heterocycles. The number of para-hydroxylation sites is 1. The molecule has 2 heterocycles. The predicted molar refractivity (Wildman–Crippen MR) is 140 cm³/mol. The number of anilines is 2. The Labute approximate surface area is 229 Å². The molecule has 1 fully saturated rings. The molecule has 0 aliphatic carbocycles. The van der Waals surface area contributed by atoms with Crippen LogP contribution in [0.3, 0.4) is 0 Å². The number of halogens is 4. The summed E-state index contributed by atoms with van der Waals surface area (Å²) in [6.45, 7) is 0.740. The summed E-state index contributed by atoms with van der Waals surface area (Å²) in [6, 6.07) is 12.9. The number of fused-ring (bicyclic) bond motifs is 1. The Hall–Kier alpha value is -5.20. The average molecular weight is 567 g/mol. The monoisotopic (exact) mass is 567 g/mol. The normalized spacial score (nSPS) is 13.4. The minimum atomic E-state index is -1.97. The molecule has 0 unspecified atom stereocenters. The van der Waals surface area contributed by atoms with Crippen molar-refractivity contribution >= 4 is 45.8 Å². The minimum Gasteiger partial charge on any atom is -0.394 e. The molecular weight excluding hydrogens is 546 g/mol. The largest absolute Gasteiger partial charge is 0.394 e. The molecular formula is C28H21F4N5O4. The van der Waals surface area contributed by atoms with Crippen molar-refractivity contribution in [1.29, 1.82) is 0 Å². The number of H-pyrrole nitrogens is 1. The quantitative estimate of drug-likeness (QED) is 0.111. The predicted octanol–water partition coefficient (Wildman–Crippen LogP) is 3.73. The van der Waals surface area contributed by atoms with Gasteiger partial charge < -0.3 is 25.8 Å². The summed E-state index contributed by atoms with van der Waals surface area (Å²) in [6.07, 6.45) is 1.24. The number of carbonyl (C=O) groups excluding carboxylic acids is 4. The molecule has 13 heteroatoms. The molecule has 1 aromatic heterocycles. The third-order valence-electron chi connectivity index (χ3n) is 6.80. The van der Waals surface area contributed by atoms with E-state index in [2.05, 4.69) is 10.3 Å². The Bertz CT molecular complexity index is 1690. The average Bonchev–Trinajstić information content (AvgIpc) is 3.44. The fourth-order valence-electron chi connectivity index (χ4n) is 4.61. The van der Waals surface area contributed by atoms with Crippen LogP contribution in [-0.2, 0) is 4.79 Å². The SMILES string of the molecule is Nc1c(F)c(F)c(C(=O)Nc2cccc3c(C(=O)C(=O)N4CCN(C(=O)c5ccccc5)CC4)c[nH]c23)c(F)c1F. The van der Waals surface area contributed by atoms with Crippen LogP contribution in [0.25, 0.3) is 10.9 Å². The highest BCUT2D eigenvalue weighted by Crippen LogP contribution is 2.29. The summed E-state index contributed by atoms with van der Waals surface area (Å²) in [5.41, 5.74) is 2.58. The number of Topliss-reactive ketones (excluding diaryl/α,β-unsaturated/α-hetero) is 1. The van der Waals surface area contributed by atoms with Crippen molar-refractivity contribution < 1.29 is 36.7 Å². The molecule has 3 amide bonds. The van der Waals surface area contributed by atoms with E-state index >= 15 is 0 Å². The van der Waals surface area contributed by atoms with Crippen LogP contribution < -0.4 is 11.1 Å². The van der Waals surface area contributed by atoms with Crippen molar-refractivity contribution in [2.24, 2.45) is 0 Å². The maximum atomic E-state index is 14.3. The minimum absolute atomic E-state index is 0.0363. The zero-order chi connectivity index (χ0) is 29.4. The Morgan fingerprint density at radius 1 is 0.780 bits per heavy atom. The second-order valence-electron chi connectivity index (χ2n) is 9.21. The van der Waals surface area contributed by atoms with Crippen LogP contribution in [0.15, 0.2) is 54.7 Å². The smallest absolute Gasteiger partial charge is 0.295 e. The van der Waals surface area contributed by atoms with Gasteiger partial charge in [0, 0.05) is 43.3 Å². The Morgan fingerprint density at radius 3 is 2.02 bits per heavy atom. The highest BCUT2D eigenvalue weighted by molar-refractivity contribution is 6.45. The van der Waals surface area contributed by atoms with Crippen molar-refractivity contribution in [3.8, 4) is 0 Å². The number of ketones is 1. The lowest BCUT2D eigenvalue weighted by atomic mass is 10.1. The summed E-state index contributed by atoms with van der Waals surface area (Å²) in [5.74, 6) is -11.1. The van der Waals surface area contributed by atoms with Gasteiger partial charge in [-0.25, -0.2) is 17.6 Å². The first-order valence-electron chi connectivity index (χ1n) is 12.3. The second-order valence-corrected chi connectivity index (χ2v) is 9.21. The van der Waals surface area contributed by atoms with Crippen LogP contribution in [0.1, 0.15) is 31.1 Å². The molecule has 3 aromatic carbocycles. The fraction of sp³-hybridized carbons (Fsp3) is 0.143. The number of carbonyl (C=O) groups is 4. The van der Waals surface area contributed by atoms with Gasteiger partial charge in [-0.3, -0.25) is 19.2 Å². The Balaban J connectivity index is 1.32. The number of nitrogens with zero attached hydrogens (tertiary/aromatic N) is 2. The first-order chi connectivity index (χ1) is 19.6. The molecule has 1 aliphatic heterocycles. The van der Waals surface area contributed by atoms with E-state index in [0.717, 1.165) is 0 Å². The fourth-order valence-corrected chi connectivity index (χ4v) is 4.61. The standard InChI is InChI=1S/C28H21F4N5O4/c29-19-18(20(30)22(32)23(33)21(19)31)26(39)35-17-8-4-7-15-16(13-34-24(15)17)25(38)28(41)37-11-9-36(10-12-37)27(40)14-5-2-1-3-6-14/h1-8,13,34H,9-12,33H2,(H,35,39). The van der Waals surface area contributed by atoms with E-state index in [9.17, 15) is 36.7 Å². The highest BCUT2D eigenvalue weighted by Gasteiger charge is 2.31. The van der Waals surface area contributed by atoms with Crippen molar-refractivity contribution in [3.05, 3.63) is 94.7 Å². The molecule has 0 saturated carbocycles. The lowest BCUT2D eigenvalue weighted by Gasteiger charge is -2.34. The van der Waals surface area contributed by atoms with E-state index < -0.39 is 52.1 Å². The molecule has 0 radical (unpaired) electrons. The van der Waals surface area contributed by atoms with E-state index in [-0.39, 0.29) is 54.2 Å². The van der Waals surface area contributed by atoms with Gasteiger partial charge in [0.1, 0.15) is 11.3 Å². The first-order valence-corrected chi connectivity index (χ1v) is 12.3. The molecule has 4 aromatic rings. The number of nitrogen functional groups attached to an aromatic ring is 1. The lowest BCUT2D eigenvalue weighted by Crippen LogP contribution is -2.52. The third kappa shape index (κ3) is 4.86. The van der Waals surface area contributed by atoms with E-state index in [4.69, 9.17) is 5.73 Å². The maximum absolute atomic E-state index is 14.3. The molecule has 5 rings (SSSR count). The van der Waals surface area contributed by atoms with E-state index in [0.29, 0.717) is 5.56 Å². The first kappa shape index (κ1) is 27.4. The van der Waals surface area contributed by atoms with Gasteiger partial charge in [0.05, 0.1) is 16.8 Å². The van der Waals surface area contributed by atoms with E-state index in [1.807, 2.05) is 0 Å². The van der Waals surface area contributed by atoms with Crippen LogP contribution in [0.5, 0.6) is 0 Å². The van der Waals surface area contributed by atoms with Crippen molar-refractivity contribution in [3.63, 3.8) is 0 Å². The molecule has 4 N–H and O–H groups in total. The zero-order valence-electron chi connectivity index (χ0n) is 21.1. The van der Waals surface area contributed by atoms with E-state index in [1.54, 1.807) is 35.2 Å². The molecule has 41 heavy (non-hydrogen) atoms. The number of aromatic amines is 1. The molecule has 210 valence electrons. The van der Waals surface area contributed by atoms with Gasteiger partial charge in [-0.15, -0.1) is 0 Å². The number of amides is 3. The lowest BCUT2D eigenvalue weighted by molar-refractivity contribution is -0.127. The molecule has 0 bridgehead atoms. The Morgan fingerprint density at radius 2 is 1.39 bits per heavy atom.